The average molecular weight is 277 g/mol. The highest BCUT2D eigenvalue weighted by atomic mass is 79.9. The van der Waals surface area contributed by atoms with Crippen LogP contribution in [0, 0.1) is 5.92 Å². The van der Waals surface area contributed by atoms with Crippen LogP contribution in [-0.2, 0) is 6.54 Å². The smallest absolute Gasteiger partial charge is 0.267 e. The van der Waals surface area contributed by atoms with Gasteiger partial charge < -0.3 is 0 Å². The second kappa shape index (κ2) is 5.56. The summed E-state index contributed by atoms with van der Waals surface area (Å²) in [5.41, 5.74) is -0.0276. The maximum atomic E-state index is 11.6. The van der Waals surface area contributed by atoms with Gasteiger partial charge in [-0.1, -0.05) is 13.3 Å². The van der Waals surface area contributed by atoms with Crippen LogP contribution in [0.5, 0.6) is 0 Å². The van der Waals surface area contributed by atoms with E-state index in [1.54, 1.807) is 10.9 Å². The fraction of sp³-hybridized carbons (Fsp3) is 0.556. The molecule has 0 N–H and O–H groups in total. The van der Waals surface area contributed by atoms with E-state index in [9.17, 15) is 4.79 Å². The van der Waals surface area contributed by atoms with Crippen LogP contribution in [0.4, 0.5) is 0 Å². The number of halogens is 1. The topological polar surface area (TPSA) is 34.9 Å². The predicted octanol–water partition coefficient (Wildman–Crippen LogP) is 1.96. The summed E-state index contributed by atoms with van der Waals surface area (Å²) in [6.07, 6.45) is 4.10. The van der Waals surface area contributed by atoms with Gasteiger partial charge in [0.2, 0.25) is 0 Å². The van der Waals surface area contributed by atoms with E-state index in [1.165, 1.54) is 6.20 Å². The van der Waals surface area contributed by atoms with Crippen LogP contribution in [-0.4, -0.2) is 15.3 Å². The highest BCUT2D eigenvalue weighted by molar-refractivity contribution is 9.10. The lowest BCUT2D eigenvalue weighted by molar-refractivity contribution is 0.462. The zero-order valence-electron chi connectivity index (χ0n) is 7.98. The molecule has 0 aliphatic rings. The summed E-state index contributed by atoms with van der Waals surface area (Å²) >= 11 is 7.40. The third-order valence-electron chi connectivity index (χ3n) is 2.15. The molecule has 0 fully saturated rings. The Morgan fingerprint density at radius 2 is 2.43 bits per heavy atom. The summed E-state index contributed by atoms with van der Waals surface area (Å²) in [6, 6.07) is 0. The van der Waals surface area contributed by atoms with Crippen LogP contribution >= 0.6 is 28.6 Å². The van der Waals surface area contributed by atoms with E-state index in [0.717, 1.165) is 12.2 Å². The molecule has 0 amide bonds. The SMILES string of the molecule is CCC(CS)Cn1cncc(Br)c1=O. The van der Waals surface area contributed by atoms with Gasteiger partial charge in [0.25, 0.3) is 5.56 Å². The zero-order chi connectivity index (χ0) is 10.6. The van der Waals surface area contributed by atoms with Crippen molar-refractivity contribution in [2.24, 2.45) is 5.92 Å². The second-order valence-electron chi connectivity index (χ2n) is 3.16. The van der Waals surface area contributed by atoms with Crippen molar-refractivity contribution in [1.29, 1.82) is 0 Å². The molecule has 0 aliphatic carbocycles. The van der Waals surface area contributed by atoms with Crippen LogP contribution in [0.1, 0.15) is 13.3 Å². The molecule has 0 saturated heterocycles. The first-order valence-electron chi connectivity index (χ1n) is 4.49. The van der Waals surface area contributed by atoms with Crippen molar-refractivity contribution < 1.29 is 0 Å². The minimum Gasteiger partial charge on any atom is -0.298 e. The zero-order valence-corrected chi connectivity index (χ0v) is 10.5. The first-order valence-corrected chi connectivity index (χ1v) is 5.92. The Balaban J connectivity index is 2.86. The summed E-state index contributed by atoms with van der Waals surface area (Å²) < 4.78 is 2.13. The molecule has 1 unspecified atom stereocenters. The van der Waals surface area contributed by atoms with E-state index in [0.29, 0.717) is 16.9 Å². The van der Waals surface area contributed by atoms with Gasteiger partial charge in [-0.2, -0.15) is 12.6 Å². The van der Waals surface area contributed by atoms with Crippen LogP contribution in [0.2, 0.25) is 0 Å². The maximum absolute atomic E-state index is 11.6. The van der Waals surface area contributed by atoms with Gasteiger partial charge in [0.15, 0.2) is 0 Å². The van der Waals surface area contributed by atoms with Gasteiger partial charge in [0.05, 0.1) is 6.33 Å². The number of nitrogens with zero attached hydrogens (tertiary/aromatic N) is 2. The number of aromatic nitrogens is 2. The average Bonchev–Trinajstić information content (AvgIpc) is 2.20. The molecular weight excluding hydrogens is 264 g/mol. The quantitative estimate of drug-likeness (QED) is 0.854. The number of hydrogen-bond acceptors (Lipinski definition) is 3. The summed E-state index contributed by atoms with van der Waals surface area (Å²) in [7, 11) is 0. The normalized spacial score (nSPS) is 12.8. The van der Waals surface area contributed by atoms with Crippen LogP contribution in [0.15, 0.2) is 21.8 Å². The van der Waals surface area contributed by atoms with E-state index < -0.39 is 0 Å². The molecule has 3 nitrogen and oxygen atoms in total. The van der Waals surface area contributed by atoms with E-state index in [2.05, 4.69) is 40.5 Å². The van der Waals surface area contributed by atoms with Crippen LogP contribution in [0.3, 0.4) is 0 Å². The third kappa shape index (κ3) is 2.85. The molecule has 1 atom stereocenters. The van der Waals surface area contributed by atoms with Gasteiger partial charge >= 0.3 is 0 Å². The molecule has 0 spiro atoms. The molecule has 14 heavy (non-hydrogen) atoms. The molecule has 78 valence electrons. The Kier molecular flexibility index (Phi) is 4.68. The molecule has 1 rings (SSSR count). The first-order chi connectivity index (χ1) is 6.69. The van der Waals surface area contributed by atoms with Gasteiger partial charge in [-0.15, -0.1) is 0 Å². The molecule has 0 bridgehead atoms. The second-order valence-corrected chi connectivity index (χ2v) is 4.38. The fourth-order valence-electron chi connectivity index (χ4n) is 1.15. The third-order valence-corrected chi connectivity index (χ3v) is 3.21. The van der Waals surface area contributed by atoms with Crippen molar-refractivity contribution in [3.05, 3.63) is 27.4 Å². The molecule has 5 heteroatoms. The number of rotatable bonds is 4. The van der Waals surface area contributed by atoms with Crippen molar-refractivity contribution in [2.45, 2.75) is 19.9 Å². The minimum absolute atomic E-state index is 0.0276. The van der Waals surface area contributed by atoms with E-state index in [4.69, 9.17) is 0 Å². The molecule has 0 aliphatic heterocycles. The Morgan fingerprint density at radius 3 is 3.00 bits per heavy atom. The van der Waals surface area contributed by atoms with Crippen LogP contribution < -0.4 is 5.56 Å². The monoisotopic (exact) mass is 276 g/mol. The van der Waals surface area contributed by atoms with E-state index in [-0.39, 0.29) is 5.56 Å². The van der Waals surface area contributed by atoms with Gasteiger partial charge in [-0.05, 0) is 27.6 Å². The van der Waals surface area contributed by atoms with Gasteiger partial charge in [-0.25, -0.2) is 4.98 Å². The summed E-state index contributed by atoms with van der Waals surface area (Å²) in [5, 5.41) is 0. The Morgan fingerprint density at radius 1 is 1.71 bits per heavy atom. The van der Waals surface area contributed by atoms with Gasteiger partial charge in [0.1, 0.15) is 4.47 Å². The van der Waals surface area contributed by atoms with Crippen molar-refractivity contribution in [2.75, 3.05) is 5.75 Å². The fourth-order valence-corrected chi connectivity index (χ4v) is 1.87. The lowest BCUT2D eigenvalue weighted by atomic mass is 10.1. The van der Waals surface area contributed by atoms with Crippen molar-refractivity contribution in [1.82, 2.24) is 9.55 Å². The Bertz CT molecular complexity index is 349. The number of hydrogen-bond donors (Lipinski definition) is 1. The maximum Gasteiger partial charge on any atom is 0.267 e. The highest BCUT2D eigenvalue weighted by Crippen LogP contribution is 2.07. The molecule has 1 heterocycles. The molecule has 0 radical (unpaired) electrons. The molecule has 1 aromatic rings. The largest absolute Gasteiger partial charge is 0.298 e. The summed E-state index contributed by atoms with van der Waals surface area (Å²) in [6.45, 7) is 2.78. The van der Waals surface area contributed by atoms with E-state index >= 15 is 0 Å². The summed E-state index contributed by atoms with van der Waals surface area (Å²) in [5.74, 6) is 1.21. The molecule has 0 saturated carbocycles. The van der Waals surface area contributed by atoms with Gasteiger partial charge in [-0.3, -0.25) is 9.36 Å². The standard InChI is InChI=1S/C9H13BrN2OS/c1-2-7(5-14)4-12-6-11-3-8(10)9(12)13/h3,6-7,14H,2,4-5H2,1H3. The summed E-state index contributed by atoms with van der Waals surface area (Å²) in [4.78, 5) is 15.5. The van der Waals surface area contributed by atoms with Crippen molar-refractivity contribution in [3.63, 3.8) is 0 Å². The molecular formula is C9H13BrN2OS. The first kappa shape index (κ1) is 11.8. The van der Waals surface area contributed by atoms with E-state index in [1.807, 2.05) is 0 Å². The van der Waals surface area contributed by atoms with Crippen molar-refractivity contribution >= 4 is 28.6 Å². The van der Waals surface area contributed by atoms with Crippen molar-refractivity contribution in [3.8, 4) is 0 Å². The Labute approximate surface area is 97.1 Å². The number of thiol groups is 1. The Hall–Kier alpha value is -0.290. The molecule has 0 aromatic carbocycles. The highest BCUT2D eigenvalue weighted by Gasteiger charge is 2.07. The lowest BCUT2D eigenvalue weighted by Gasteiger charge is -2.13. The lowest BCUT2D eigenvalue weighted by Crippen LogP contribution is -2.25. The van der Waals surface area contributed by atoms with Crippen LogP contribution in [0.25, 0.3) is 0 Å². The predicted molar refractivity (Wildman–Crippen MR) is 63.8 cm³/mol. The molecule has 1 aromatic heterocycles. The van der Waals surface area contributed by atoms with Gasteiger partial charge in [0, 0.05) is 12.7 Å². The minimum atomic E-state index is -0.0276.